The van der Waals surface area contributed by atoms with Crippen molar-refractivity contribution in [3.63, 3.8) is 0 Å². The van der Waals surface area contributed by atoms with Crippen LogP contribution < -0.4 is 19.5 Å². The van der Waals surface area contributed by atoms with Gasteiger partial charge < -0.3 is 19.5 Å². The molecule has 0 spiro atoms. The van der Waals surface area contributed by atoms with E-state index in [-0.39, 0.29) is 12.3 Å². The Morgan fingerprint density at radius 2 is 1.68 bits per heavy atom. The molecule has 0 aliphatic heterocycles. The zero-order valence-electron chi connectivity index (χ0n) is 16.1. The van der Waals surface area contributed by atoms with E-state index in [1.807, 2.05) is 36.5 Å². The Bertz CT molecular complexity index is 922. The van der Waals surface area contributed by atoms with E-state index in [9.17, 15) is 4.79 Å². The van der Waals surface area contributed by atoms with Crippen molar-refractivity contribution in [3.8, 4) is 22.9 Å². The summed E-state index contributed by atoms with van der Waals surface area (Å²) >= 11 is 0. The monoisotopic (exact) mass is 381 g/mol. The topological polar surface area (TPSA) is 74.6 Å². The van der Waals surface area contributed by atoms with Crippen molar-refractivity contribution in [2.75, 3.05) is 21.3 Å². The minimum Gasteiger partial charge on any atom is -0.496 e. The van der Waals surface area contributed by atoms with Gasteiger partial charge in [-0.1, -0.05) is 12.1 Å². The molecule has 146 valence electrons. The van der Waals surface area contributed by atoms with Crippen LogP contribution in [0.5, 0.6) is 17.2 Å². The third-order valence-electron chi connectivity index (χ3n) is 4.33. The number of aromatic nitrogens is 2. The maximum atomic E-state index is 12.4. The molecular weight excluding hydrogens is 358 g/mol. The summed E-state index contributed by atoms with van der Waals surface area (Å²) in [5.41, 5.74) is 2.68. The molecule has 3 aromatic rings. The van der Waals surface area contributed by atoms with Gasteiger partial charge in [0.15, 0.2) is 11.5 Å². The number of rotatable bonds is 8. The van der Waals surface area contributed by atoms with Crippen LogP contribution in [0.1, 0.15) is 11.1 Å². The molecule has 0 saturated heterocycles. The summed E-state index contributed by atoms with van der Waals surface area (Å²) in [5, 5.41) is 7.11. The van der Waals surface area contributed by atoms with E-state index in [4.69, 9.17) is 14.2 Å². The predicted octanol–water partition coefficient (Wildman–Crippen LogP) is 2.76. The van der Waals surface area contributed by atoms with E-state index in [1.54, 1.807) is 44.3 Å². The first kappa shape index (κ1) is 19.3. The third kappa shape index (κ3) is 4.43. The second kappa shape index (κ2) is 8.94. The van der Waals surface area contributed by atoms with Gasteiger partial charge in [0.1, 0.15) is 5.75 Å². The first-order valence-electron chi connectivity index (χ1n) is 8.79. The van der Waals surface area contributed by atoms with Crippen LogP contribution in [-0.2, 0) is 17.8 Å². The van der Waals surface area contributed by atoms with E-state index < -0.39 is 0 Å². The molecule has 0 aliphatic rings. The quantitative estimate of drug-likeness (QED) is 0.649. The van der Waals surface area contributed by atoms with Crippen LogP contribution in [0.4, 0.5) is 0 Å². The molecule has 0 fully saturated rings. The van der Waals surface area contributed by atoms with Crippen LogP contribution in [-0.4, -0.2) is 37.0 Å². The van der Waals surface area contributed by atoms with Crippen LogP contribution in [0, 0.1) is 0 Å². The zero-order valence-corrected chi connectivity index (χ0v) is 16.1. The highest BCUT2D eigenvalue weighted by atomic mass is 16.5. The average molecular weight is 381 g/mol. The van der Waals surface area contributed by atoms with Gasteiger partial charge in [0.25, 0.3) is 0 Å². The van der Waals surface area contributed by atoms with E-state index in [0.717, 1.165) is 16.8 Å². The van der Waals surface area contributed by atoms with Gasteiger partial charge in [-0.3, -0.25) is 4.79 Å². The molecule has 28 heavy (non-hydrogen) atoms. The number of ether oxygens (including phenoxy) is 3. The number of hydrogen-bond donors (Lipinski definition) is 1. The third-order valence-corrected chi connectivity index (χ3v) is 4.33. The number of benzene rings is 2. The van der Waals surface area contributed by atoms with Gasteiger partial charge in [0, 0.05) is 30.6 Å². The minimum absolute atomic E-state index is 0.0799. The first-order valence-corrected chi connectivity index (χ1v) is 8.79. The van der Waals surface area contributed by atoms with Gasteiger partial charge in [0.2, 0.25) is 5.91 Å². The highest BCUT2D eigenvalue weighted by Crippen LogP contribution is 2.34. The summed E-state index contributed by atoms with van der Waals surface area (Å²) in [7, 11) is 4.71. The molecule has 0 aliphatic carbocycles. The predicted molar refractivity (Wildman–Crippen MR) is 105 cm³/mol. The molecule has 0 atom stereocenters. The van der Waals surface area contributed by atoms with E-state index >= 15 is 0 Å². The van der Waals surface area contributed by atoms with Gasteiger partial charge in [-0.2, -0.15) is 5.10 Å². The van der Waals surface area contributed by atoms with Crippen molar-refractivity contribution in [1.29, 1.82) is 0 Å². The van der Waals surface area contributed by atoms with Crippen LogP contribution in [0.3, 0.4) is 0 Å². The highest BCUT2D eigenvalue weighted by molar-refractivity contribution is 5.78. The smallest absolute Gasteiger partial charge is 0.224 e. The lowest BCUT2D eigenvalue weighted by molar-refractivity contribution is -0.120. The first-order chi connectivity index (χ1) is 13.6. The SMILES string of the molecule is COc1cc(OC)c(OC)cc1CNC(=O)Cc1ccc(-n2cccn2)cc1. The standard InChI is InChI=1S/C21H23N3O4/c1-26-18-13-20(28-3)19(27-2)12-16(18)14-22-21(25)11-15-5-7-17(8-6-15)24-10-4-9-23-24/h4-10,12-13H,11,14H2,1-3H3,(H,22,25). The second-order valence-electron chi connectivity index (χ2n) is 6.09. The molecule has 1 amide bonds. The van der Waals surface area contributed by atoms with Crippen LogP contribution in [0.15, 0.2) is 54.9 Å². The molecule has 3 rings (SSSR count). The number of amides is 1. The number of carbonyl (C=O) groups is 1. The lowest BCUT2D eigenvalue weighted by atomic mass is 10.1. The molecule has 0 unspecified atom stereocenters. The van der Waals surface area contributed by atoms with Crippen LogP contribution in [0.25, 0.3) is 5.69 Å². The summed E-state index contributed by atoms with van der Waals surface area (Å²) in [5.74, 6) is 1.71. The van der Waals surface area contributed by atoms with Gasteiger partial charge in [0.05, 0.1) is 33.4 Å². The van der Waals surface area contributed by atoms with Crippen molar-refractivity contribution >= 4 is 5.91 Å². The van der Waals surface area contributed by atoms with E-state index in [1.165, 1.54) is 0 Å². The Morgan fingerprint density at radius 3 is 2.29 bits per heavy atom. The number of hydrogen-bond acceptors (Lipinski definition) is 5. The van der Waals surface area contributed by atoms with Crippen LogP contribution >= 0.6 is 0 Å². The number of nitrogens with one attached hydrogen (secondary N) is 1. The molecule has 1 heterocycles. The van der Waals surface area contributed by atoms with Gasteiger partial charge in [-0.25, -0.2) is 4.68 Å². The Kier molecular flexibility index (Phi) is 6.16. The molecule has 1 N–H and O–H groups in total. The van der Waals surface area contributed by atoms with Crippen molar-refractivity contribution in [3.05, 3.63) is 66.0 Å². The van der Waals surface area contributed by atoms with Crippen molar-refractivity contribution in [2.24, 2.45) is 0 Å². The van der Waals surface area contributed by atoms with Gasteiger partial charge >= 0.3 is 0 Å². The summed E-state index contributed by atoms with van der Waals surface area (Å²) in [4.78, 5) is 12.4. The fourth-order valence-corrected chi connectivity index (χ4v) is 2.86. The molecule has 0 bridgehead atoms. The minimum atomic E-state index is -0.0799. The van der Waals surface area contributed by atoms with Gasteiger partial charge in [-0.15, -0.1) is 0 Å². The van der Waals surface area contributed by atoms with Gasteiger partial charge in [-0.05, 0) is 29.8 Å². The average Bonchev–Trinajstić information content (AvgIpc) is 3.27. The largest absolute Gasteiger partial charge is 0.496 e. The molecule has 1 aromatic heterocycles. The zero-order chi connectivity index (χ0) is 19.9. The molecular formula is C21H23N3O4. The maximum Gasteiger partial charge on any atom is 0.224 e. The molecule has 7 heteroatoms. The molecule has 0 saturated carbocycles. The fourth-order valence-electron chi connectivity index (χ4n) is 2.86. The normalized spacial score (nSPS) is 10.4. The summed E-state index contributed by atoms with van der Waals surface area (Å²) < 4.78 is 17.8. The Morgan fingerprint density at radius 1 is 1.00 bits per heavy atom. The number of carbonyl (C=O) groups excluding carboxylic acids is 1. The molecule has 2 aromatic carbocycles. The maximum absolute atomic E-state index is 12.4. The Balaban J connectivity index is 1.62. The van der Waals surface area contributed by atoms with E-state index in [2.05, 4.69) is 10.4 Å². The summed E-state index contributed by atoms with van der Waals surface area (Å²) in [6.45, 7) is 0.327. The Hall–Kier alpha value is -3.48. The van der Waals surface area contributed by atoms with Crippen molar-refractivity contribution in [1.82, 2.24) is 15.1 Å². The lowest BCUT2D eigenvalue weighted by Crippen LogP contribution is -2.24. The van der Waals surface area contributed by atoms with E-state index in [0.29, 0.717) is 23.8 Å². The number of nitrogens with zero attached hydrogens (tertiary/aromatic N) is 2. The lowest BCUT2D eigenvalue weighted by Gasteiger charge is -2.14. The highest BCUT2D eigenvalue weighted by Gasteiger charge is 2.13. The van der Waals surface area contributed by atoms with Crippen LogP contribution in [0.2, 0.25) is 0 Å². The molecule has 7 nitrogen and oxygen atoms in total. The van der Waals surface area contributed by atoms with Crippen molar-refractivity contribution in [2.45, 2.75) is 13.0 Å². The molecule has 0 radical (unpaired) electrons. The number of methoxy groups -OCH3 is 3. The summed E-state index contributed by atoms with van der Waals surface area (Å²) in [6, 6.07) is 13.1. The van der Waals surface area contributed by atoms with Crippen molar-refractivity contribution < 1.29 is 19.0 Å². The Labute approximate surface area is 163 Å². The second-order valence-corrected chi connectivity index (χ2v) is 6.09. The summed E-state index contributed by atoms with van der Waals surface area (Å²) in [6.07, 6.45) is 3.89. The fraction of sp³-hybridized carbons (Fsp3) is 0.238.